The fourth-order valence-electron chi connectivity index (χ4n) is 2.56. The molecule has 0 saturated heterocycles. The van der Waals surface area contributed by atoms with Crippen molar-refractivity contribution < 1.29 is 29.6 Å². The second kappa shape index (κ2) is 6.80. The van der Waals surface area contributed by atoms with Gasteiger partial charge in [0.15, 0.2) is 15.1 Å². The Morgan fingerprint density at radius 3 is 2.64 bits per heavy atom. The average Bonchev–Trinajstić information content (AvgIpc) is 2.53. The SMILES string of the molecule is CCCCOC1(O)C=C2OC3=C(I)C(=O)C(O)(I)C=C3C=C2C=C1O. The summed E-state index contributed by atoms with van der Waals surface area (Å²) in [7, 11) is 0. The number of ether oxygens (including phenoxy) is 2. The fraction of sp³-hybridized carbons (Fsp3) is 0.353. The van der Waals surface area contributed by atoms with Gasteiger partial charge in [0.05, 0.1) is 6.61 Å². The van der Waals surface area contributed by atoms with Gasteiger partial charge in [-0.25, -0.2) is 0 Å². The second-order valence-electron chi connectivity index (χ2n) is 5.88. The molecule has 1 aliphatic heterocycles. The summed E-state index contributed by atoms with van der Waals surface area (Å²) < 4.78 is 9.81. The highest BCUT2D eigenvalue weighted by Gasteiger charge is 2.43. The lowest BCUT2D eigenvalue weighted by molar-refractivity contribution is -0.161. The molecule has 0 radical (unpaired) electrons. The molecule has 2 atom stereocenters. The van der Waals surface area contributed by atoms with E-state index < -0.39 is 15.2 Å². The molecule has 3 aliphatic rings. The number of halogens is 2. The summed E-state index contributed by atoms with van der Waals surface area (Å²) in [5, 5.41) is 30.9. The molecule has 0 amide bonds. The van der Waals surface area contributed by atoms with Crippen molar-refractivity contribution in [1.29, 1.82) is 0 Å². The number of carbonyl (C=O) groups excluding carboxylic acids is 1. The first-order valence-electron chi connectivity index (χ1n) is 7.67. The van der Waals surface area contributed by atoms with Crippen LogP contribution in [-0.2, 0) is 14.3 Å². The standard InChI is InChI=1S/C17H16I2O6/c1-2-3-4-24-17(23)8-11-9(6-12(17)20)5-10-7-16(19,22)15(21)13(18)14(10)25-11/h5-8,20,22-23H,2-4H2,1H3. The number of aliphatic hydroxyl groups is 3. The largest absolute Gasteiger partial charge is 0.506 e. The molecular formula is C17H16I2O6. The van der Waals surface area contributed by atoms with E-state index in [2.05, 4.69) is 0 Å². The highest BCUT2D eigenvalue weighted by atomic mass is 127. The van der Waals surface area contributed by atoms with Crippen molar-refractivity contribution in [2.24, 2.45) is 0 Å². The molecule has 134 valence electrons. The van der Waals surface area contributed by atoms with E-state index in [1.165, 1.54) is 18.2 Å². The van der Waals surface area contributed by atoms with E-state index in [0.29, 0.717) is 16.9 Å². The van der Waals surface area contributed by atoms with Crippen molar-refractivity contribution >= 4 is 51.0 Å². The summed E-state index contributed by atoms with van der Waals surface area (Å²) in [4.78, 5) is 12.2. The Labute approximate surface area is 171 Å². The molecule has 0 bridgehead atoms. The maximum atomic E-state index is 12.2. The number of alkyl halides is 1. The van der Waals surface area contributed by atoms with Crippen LogP contribution in [0.15, 0.2) is 56.3 Å². The Bertz CT molecular complexity index is 787. The molecule has 3 rings (SSSR count). The first-order valence-corrected chi connectivity index (χ1v) is 9.83. The van der Waals surface area contributed by atoms with Crippen molar-refractivity contribution in [1.82, 2.24) is 0 Å². The smallest absolute Gasteiger partial charge is 0.249 e. The number of unbranched alkanes of at least 4 members (excludes halogenated alkanes) is 1. The lowest BCUT2D eigenvalue weighted by atomic mass is 9.93. The molecule has 6 nitrogen and oxygen atoms in total. The summed E-state index contributed by atoms with van der Waals surface area (Å²) in [6, 6.07) is 0. The molecule has 1 heterocycles. The van der Waals surface area contributed by atoms with Crippen molar-refractivity contribution in [2.45, 2.75) is 29.2 Å². The number of fused-ring (bicyclic) bond motifs is 2. The second-order valence-corrected chi connectivity index (χ2v) is 8.61. The van der Waals surface area contributed by atoms with Gasteiger partial charge < -0.3 is 24.8 Å². The number of ketones is 1. The maximum Gasteiger partial charge on any atom is 0.249 e. The first kappa shape index (κ1) is 19.1. The zero-order valence-electron chi connectivity index (χ0n) is 13.3. The van der Waals surface area contributed by atoms with Gasteiger partial charge in [-0.15, -0.1) is 0 Å². The topological polar surface area (TPSA) is 96.2 Å². The van der Waals surface area contributed by atoms with Crippen LogP contribution in [0, 0.1) is 0 Å². The minimum Gasteiger partial charge on any atom is -0.506 e. The van der Waals surface area contributed by atoms with Gasteiger partial charge in [-0.05, 0) is 69.8 Å². The van der Waals surface area contributed by atoms with Gasteiger partial charge >= 0.3 is 0 Å². The summed E-state index contributed by atoms with van der Waals surface area (Å²) in [5.41, 5.74) is 1.05. The zero-order chi connectivity index (χ0) is 18.4. The van der Waals surface area contributed by atoms with Crippen LogP contribution in [0.5, 0.6) is 0 Å². The average molecular weight is 570 g/mol. The van der Waals surface area contributed by atoms with Crippen LogP contribution in [0.4, 0.5) is 0 Å². The summed E-state index contributed by atoms with van der Waals surface area (Å²) in [5.74, 6) is -2.18. The lowest BCUT2D eigenvalue weighted by Crippen LogP contribution is -2.37. The number of aliphatic hydroxyl groups excluding tert-OH is 1. The van der Waals surface area contributed by atoms with Crippen LogP contribution in [0.3, 0.4) is 0 Å². The third-order valence-electron chi connectivity index (χ3n) is 3.94. The van der Waals surface area contributed by atoms with Gasteiger partial charge in [0.2, 0.25) is 11.6 Å². The number of Topliss-reactive ketones (excluding diaryl/α,β-unsaturated/α-hetero) is 1. The Balaban J connectivity index is 2.01. The Morgan fingerprint density at radius 2 is 1.96 bits per heavy atom. The number of hydrogen-bond donors (Lipinski definition) is 3. The number of rotatable bonds is 4. The van der Waals surface area contributed by atoms with Gasteiger partial charge in [0.25, 0.3) is 0 Å². The van der Waals surface area contributed by atoms with E-state index >= 15 is 0 Å². The molecule has 8 heteroatoms. The summed E-state index contributed by atoms with van der Waals surface area (Å²) in [6.45, 7) is 2.27. The van der Waals surface area contributed by atoms with Crippen LogP contribution in [0.25, 0.3) is 0 Å². The van der Waals surface area contributed by atoms with Gasteiger partial charge in [-0.1, -0.05) is 13.3 Å². The minimum absolute atomic E-state index is 0.261. The van der Waals surface area contributed by atoms with E-state index in [9.17, 15) is 20.1 Å². The van der Waals surface area contributed by atoms with Gasteiger partial charge in [-0.2, -0.15) is 0 Å². The molecule has 0 aromatic carbocycles. The normalized spacial score (nSPS) is 31.3. The molecule has 0 fully saturated rings. The van der Waals surface area contributed by atoms with E-state index in [1.807, 2.05) is 29.5 Å². The number of carbonyl (C=O) groups is 1. The maximum absolute atomic E-state index is 12.2. The van der Waals surface area contributed by atoms with Gasteiger partial charge in [0.1, 0.15) is 9.34 Å². The molecule has 0 aromatic rings. The Morgan fingerprint density at radius 1 is 1.24 bits per heavy atom. The van der Waals surface area contributed by atoms with Crippen molar-refractivity contribution in [3.05, 3.63) is 56.3 Å². The van der Waals surface area contributed by atoms with Crippen LogP contribution in [-0.4, -0.2) is 37.1 Å². The van der Waals surface area contributed by atoms with E-state index in [-0.39, 0.29) is 21.7 Å². The summed E-state index contributed by atoms with van der Waals surface area (Å²) >= 11 is 3.49. The molecule has 0 saturated carbocycles. The molecule has 25 heavy (non-hydrogen) atoms. The van der Waals surface area contributed by atoms with Crippen molar-refractivity contribution in [3.8, 4) is 0 Å². The highest BCUT2D eigenvalue weighted by molar-refractivity contribution is 14.1. The van der Waals surface area contributed by atoms with Crippen LogP contribution >= 0.6 is 45.2 Å². The van der Waals surface area contributed by atoms with Crippen LogP contribution < -0.4 is 0 Å². The molecular weight excluding hydrogens is 554 g/mol. The van der Waals surface area contributed by atoms with Gasteiger partial charge in [-0.3, -0.25) is 4.79 Å². The van der Waals surface area contributed by atoms with Crippen molar-refractivity contribution in [3.63, 3.8) is 0 Å². The Hall–Kier alpha value is -0.690. The van der Waals surface area contributed by atoms with E-state index in [0.717, 1.165) is 12.8 Å². The Kier molecular flexibility index (Phi) is 5.19. The summed E-state index contributed by atoms with van der Waals surface area (Å²) in [6.07, 6.45) is 7.35. The van der Waals surface area contributed by atoms with Gasteiger partial charge in [0, 0.05) is 17.2 Å². The lowest BCUT2D eigenvalue weighted by Gasteiger charge is -2.33. The zero-order valence-corrected chi connectivity index (χ0v) is 17.6. The van der Waals surface area contributed by atoms with E-state index in [4.69, 9.17) is 9.47 Å². The fourth-order valence-corrected chi connectivity index (χ4v) is 4.51. The van der Waals surface area contributed by atoms with Crippen LogP contribution in [0.1, 0.15) is 19.8 Å². The van der Waals surface area contributed by atoms with Crippen molar-refractivity contribution in [2.75, 3.05) is 6.61 Å². The monoisotopic (exact) mass is 570 g/mol. The predicted octanol–water partition coefficient (Wildman–Crippen LogP) is 3.07. The molecule has 0 spiro atoms. The highest BCUT2D eigenvalue weighted by Crippen LogP contribution is 2.44. The molecule has 2 unspecified atom stereocenters. The minimum atomic E-state index is -1.96. The third kappa shape index (κ3) is 3.46. The third-order valence-corrected chi connectivity index (χ3v) is 5.72. The van der Waals surface area contributed by atoms with E-state index in [1.54, 1.807) is 28.7 Å². The van der Waals surface area contributed by atoms with Crippen LogP contribution in [0.2, 0.25) is 0 Å². The quantitative estimate of drug-likeness (QED) is 0.208. The number of allylic oxidation sites excluding steroid dienone is 2. The molecule has 0 aromatic heterocycles. The first-order chi connectivity index (χ1) is 11.7. The molecule has 3 N–H and O–H groups in total. The molecule has 2 aliphatic carbocycles. The number of hydrogen-bond acceptors (Lipinski definition) is 6. The predicted molar refractivity (Wildman–Crippen MR) is 107 cm³/mol.